The van der Waals surface area contributed by atoms with Crippen molar-refractivity contribution in [3.63, 3.8) is 0 Å². The van der Waals surface area contributed by atoms with Crippen LogP contribution in [0, 0.1) is 23.7 Å². The SMILES string of the molecule is CCCCC(CC)CC(CCCCCC(C)C)OC(=O)C1CCCCC1C(=O)O. The highest BCUT2D eigenvalue weighted by Gasteiger charge is 2.37. The van der Waals surface area contributed by atoms with Crippen LogP contribution in [0.3, 0.4) is 0 Å². The largest absolute Gasteiger partial charge is 0.481 e. The Balaban J connectivity index is 2.66. The lowest BCUT2D eigenvalue weighted by Gasteiger charge is -2.30. The topological polar surface area (TPSA) is 63.6 Å². The Bertz CT molecular complexity index is 460. The van der Waals surface area contributed by atoms with Crippen LogP contribution in [0.5, 0.6) is 0 Å². The first kappa shape index (κ1) is 26.0. The van der Waals surface area contributed by atoms with Gasteiger partial charge in [0.05, 0.1) is 11.8 Å². The van der Waals surface area contributed by atoms with Crippen molar-refractivity contribution < 1.29 is 19.4 Å². The highest BCUT2D eigenvalue weighted by atomic mass is 16.5. The van der Waals surface area contributed by atoms with Crippen molar-refractivity contribution in [2.24, 2.45) is 23.7 Å². The average Bonchev–Trinajstić information content (AvgIpc) is 2.70. The van der Waals surface area contributed by atoms with Gasteiger partial charge in [-0.3, -0.25) is 9.59 Å². The molecule has 0 radical (unpaired) electrons. The third kappa shape index (κ3) is 10.5. The summed E-state index contributed by atoms with van der Waals surface area (Å²) in [7, 11) is 0. The molecule has 0 spiro atoms. The molecule has 0 bridgehead atoms. The maximum Gasteiger partial charge on any atom is 0.310 e. The summed E-state index contributed by atoms with van der Waals surface area (Å²) in [6.07, 6.45) is 14.3. The zero-order valence-corrected chi connectivity index (χ0v) is 19.5. The van der Waals surface area contributed by atoms with Crippen LogP contribution in [0.1, 0.15) is 118 Å². The number of aliphatic carboxylic acids is 1. The summed E-state index contributed by atoms with van der Waals surface area (Å²) in [5, 5.41) is 9.51. The van der Waals surface area contributed by atoms with Gasteiger partial charge >= 0.3 is 11.9 Å². The van der Waals surface area contributed by atoms with Gasteiger partial charge in [0.25, 0.3) is 0 Å². The molecule has 1 rings (SSSR count). The highest BCUT2D eigenvalue weighted by Crippen LogP contribution is 2.33. The van der Waals surface area contributed by atoms with E-state index in [2.05, 4.69) is 27.7 Å². The van der Waals surface area contributed by atoms with Crippen LogP contribution in [0.4, 0.5) is 0 Å². The quantitative estimate of drug-likeness (QED) is 0.233. The lowest BCUT2D eigenvalue weighted by atomic mass is 9.79. The molecule has 0 aromatic heterocycles. The van der Waals surface area contributed by atoms with Crippen molar-refractivity contribution in [3.05, 3.63) is 0 Å². The fraction of sp³-hybridized carbons (Fsp3) is 0.920. The Hall–Kier alpha value is -1.06. The number of carbonyl (C=O) groups excluding carboxylic acids is 1. The Labute approximate surface area is 179 Å². The van der Waals surface area contributed by atoms with Crippen LogP contribution in [0.2, 0.25) is 0 Å². The van der Waals surface area contributed by atoms with Crippen molar-refractivity contribution in [2.45, 2.75) is 124 Å². The number of rotatable bonds is 15. The van der Waals surface area contributed by atoms with Crippen molar-refractivity contribution in [1.82, 2.24) is 0 Å². The minimum Gasteiger partial charge on any atom is -0.481 e. The van der Waals surface area contributed by atoms with E-state index in [0.29, 0.717) is 18.8 Å². The predicted octanol–water partition coefficient (Wildman–Crippen LogP) is 7.00. The van der Waals surface area contributed by atoms with Gasteiger partial charge in [-0.1, -0.05) is 85.5 Å². The van der Waals surface area contributed by atoms with Crippen LogP contribution in [-0.2, 0) is 14.3 Å². The normalized spacial score (nSPS) is 21.7. The third-order valence-electron chi connectivity index (χ3n) is 6.62. The Morgan fingerprint density at radius 1 is 0.931 bits per heavy atom. The molecule has 0 heterocycles. The highest BCUT2D eigenvalue weighted by molar-refractivity contribution is 5.81. The zero-order chi connectivity index (χ0) is 21.6. The molecule has 0 amide bonds. The van der Waals surface area contributed by atoms with E-state index in [4.69, 9.17) is 4.74 Å². The first-order chi connectivity index (χ1) is 13.9. The van der Waals surface area contributed by atoms with E-state index in [1.165, 1.54) is 38.5 Å². The van der Waals surface area contributed by atoms with Gasteiger partial charge in [0.15, 0.2) is 0 Å². The molecule has 1 saturated carbocycles. The lowest BCUT2D eigenvalue weighted by Crippen LogP contribution is -2.36. The van der Waals surface area contributed by atoms with Crippen molar-refractivity contribution in [3.8, 4) is 0 Å². The molecule has 4 atom stereocenters. The number of ether oxygens (including phenoxy) is 1. The van der Waals surface area contributed by atoms with E-state index in [9.17, 15) is 14.7 Å². The van der Waals surface area contributed by atoms with Crippen molar-refractivity contribution in [2.75, 3.05) is 0 Å². The molecule has 170 valence electrons. The molecular weight excluding hydrogens is 364 g/mol. The van der Waals surface area contributed by atoms with Crippen LogP contribution in [0.25, 0.3) is 0 Å². The van der Waals surface area contributed by atoms with E-state index in [1.807, 2.05) is 0 Å². The van der Waals surface area contributed by atoms with Gasteiger partial charge in [0.2, 0.25) is 0 Å². The van der Waals surface area contributed by atoms with E-state index < -0.39 is 17.8 Å². The lowest BCUT2D eigenvalue weighted by molar-refractivity contribution is -0.164. The summed E-state index contributed by atoms with van der Waals surface area (Å²) in [6, 6.07) is 0. The molecule has 29 heavy (non-hydrogen) atoms. The fourth-order valence-corrected chi connectivity index (χ4v) is 4.64. The zero-order valence-electron chi connectivity index (χ0n) is 19.5. The summed E-state index contributed by atoms with van der Waals surface area (Å²) >= 11 is 0. The predicted molar refractivity (Wildman–Crippen MR) is 119 cm³/mol. The standard InChI is InChI=1S/C25H46O4/c1-5-7-14-20(6-2)18-21(15-10-8-9-13-19(3)4)29-25(28)23-17-12-11-16-22(23)24(26)27/h19-23H,5-18H2,1-4H3,(H,26,27). The van der Waals surface area contributed by atoms with E-state index in [0.717, 1.165) is 44.4 Å². The summed E-state index contributed by atoms with van der Waals surface area (Å²) in [6.45, 7) is 8.96. The first-order valence-electron chi connectivity index (χ1n) is 12.3. The molecule has 1 aliphatic rings. The summed E-state index contributed by atoms with van der Waals surface area (Å²) in [4.78, 5) is 24.5. The van der Waals surface area contributed by atoms with Crippen LogP contribution >= 0.6 is 0 Å². The van der Waals surface area contributed by atoms with Gasteiger partial charge in [-0.2, -0.15) is 0 Å². The smallest absolute Gasteiger partial charge is 0.310 e. The van der Waals surface area contributed by atoms with E-state index in [1.54, 1.807) is 0 Å². The second-order valence-electron chi connectivity index (χ2n) is 9.58. The number of hydrogen-bond donors (Lipinski definition) is 1. The summed E-state index contributed by atoms with van der Waals surface area (Å²) < 4.78 is 6.01. The molecule has 4 nitrogen and oxygen atoms in total. The third-order valence-corrected chi connectivity index (χ3v) is 6.62. The Morgan fingerprint density at radius 2 is 1.59 bits per heavy atom. The maximum absolute atomic E-state index is 12.9. The second kappa shape index (κ2) is 14.8. The number of carbonyl (C=O) groups is 2. The molecule has 1 N–H and O–H groups in total. The average molecular weight is 411 g/mol. The number of esters is 1. The maximum atomic E-state index is 12.9. The van der Waals surface area contributed by atoms with E-state index in [-0.39, 0.29) is 12.1 Å². The number of unbranched alkanes of at least 4 members (excludes halogenated alkanes) is 3. The molecule has 4 heteroatoms. The molecular formula is C25H46O4. The Morgan fingerprint density at radius 3 is 2.17 bits per heavy atom. The van der Waals surface area contributed by atoms with Gasteiger partial charge in [-0.25, -0.2) is 0 Å². The summed E-state index contributed by atoms with van der Waals surface area (Å²) in [5.74, 6) is -0.794. The van der Waals surface area contributed by atoms with Crippen LogP contribution in [-0.4, -0.2) is 23.1 Å². The molecule has 0 saturated heterocycles. The van der Waals surface area contributed by atoms with Gasteiger partial charge in [0.1, 0.15) is 6.10 Å². The van der Waals surface area contributed by atoms with Crippen LogP contribution < -0.4 is 0 Å². The number of carboxylic acids is 1. The fourth-order valence-electron chi connectivity index (χ4n) is 4.64. The molecule has 1 fully saturated rings. The molecule has 4 unspecified atom stereocenters. The number of carboxylic acid groups (broad SMARTS) is 1. The minimum absolute atomic E-state index is 0.0558. The van der Waals surface area contributed by atoms with Crippen LogP contribution in [0.15, 0.2) is 0 Å². The monoisotopic (exact) mass is 410 g/mol. The van der Waals surface area contributed by atoms with Gasteiger partial charge in [0, 0.05) is 0 Å². The minimum atomic E-state index is -0.841. The van der Waals surface area contributed by atoms with E-state index >= 15 is 0 Å². The second-order valence-corrected chi connectivity index (χ2v) is 9.58. The molecule has 0 aromatic carbocycles. The van der Waals surface area contributed by atoms with Gasteiger partial charge in [-0.05, 0) is 43.9 Å². The van der Waals surface area contributed by atoms with Gasteiger partial charge in [-0.15, -0.1) is 0 Å². The van der Waals surface area contributed by atoms with Gasteiger partial charge < -0.3 is 9.84 Å². The van der Waals surface area contributed by atoms with Crippen molar-refractivity contribution >= 4 is 11.9 Å². The molecule has 0 aromatic rings. The van der Waals surface area contributed by atoms with Crippen molar-refractivity contribution in [1.29, 1.82) is 0 Å². The molecule has 1 aliphatic carbocycles. The first-order valence-corrected chi connectivity index (χ1v) is 12.3. The summed E-state index contributed by atoms with van der Waals surface area (Å²) in [5.41, 5.74) is 0. The Kier molecular flexibility index (Phi) is 13.3. The molecule has 0 aliphatic heterocycles. The number of hydrogen-bond acceptors (Lipinski definition) is 3.